The van der Waals surface area contributed by atoms with Crippen LogP contribution in [-0.4, -0.2) is 87.1 Å². The number of rotatable bonds is 0. The Hall–Kier alpha value is 3.69. The first-order valence-corrected chi connectivity index (χ1v) is 0. The van der Waals surface area contributed by atoms with E-state index < -0.39 is 0 Å². The zero-order chi connectivity index (χ0) is 0. The van der Waals surface area contributed by atoms with Crippen LogP contribution in [0.15, 0.2) is 0 Å². The fourth-order valence-corrected chi connectivity index (χ4v) is 0. The molecule has 0 aromatic rings. The van der Waals surface area contributed by atoms with Crippen molar-refractivity contribution in [1.82, 2.24) is 0 Å². The average molecular weight is 520 g/mol. The maximum atomic E-state index is 0. The second-order valence-corrected chi connectivity index (χ2v) is 0. The van der Waals surface area contributed by atoms with Gasteiger partial charge >= 0.3 is 23.9 Å². The van der Waals surface area contributed by atoms with E-state index in [1.54, 1.807) is 0 Å². The zero-order valence-electron chi connectivity index (χ0n) is 3.68. The molecule has 0 aromatic heterocycles. The Morgan fingerprint density at radius 2 is 0.857 bits per heavy atom. The molecular weight excluding hydrogens is 520 g/mol. The molecule has 0 fully saturated rings. The van der Waals surface area contributed by atoms with Gasteiger partial charge in [0, 0.05) is 90.5 Å². The maximum Gasteiger partial charge on any atom is 4.00 e. The normalized spacial score (nSPS) is 0. The van der Waals surface area contributed by atoms with E-state index in [1.165, 1.54) is 0 Å². The molecule has 0 atom stereocenters. The summed E-state index contributed by atoms with van der Waals surface area (Å²) in [7, 11) is 0. The Bertz CT molecular complexity index is 17.7. The van der Waals surface area contributed by atoms with E-state index >= 15 is 0 Å². The van der Waals surface area contributed by atoms with Crippen LogP contribution in [0, 0.1) is 0 Å². The Kier molecular flexibility index (Phi) is 566. The van der Waals surface area contributed by atoms with E-state index in [1.807, 2.05) is 0 Å². The summed E-state index contributed by atoms with van der Waals surface area (Å²) in [6.07, 6.45) is 0. The summed E-state index contributed by atoms with van der Waals surface area (Å²) in [5, 5.41) is 0. The van der Waals surface area contributed by atoms with E-state index in [0.717, 1.165) is 0 Å². The summed E-state index contributed by atoms with van der Waals surface area (Å²) in [6.45, 7) is 0. The molecule has 0 heterocycles. The number of hydrogen-bond donors (Lipinski definition) is 0. The summed E-state index contributed by atoms with van der Waals surface area (Å²) < 4.78 is 0. The smallest absolute Gasteiger partial charge is 2.00 e. The average Bonchev–Trinajstić information content (AvgIpc) is 0. The van der Waals surface area contributed by atoms with Gasteiger partial charge in [-0.3, -0.25) is 0 Å². The molecule has 28 valence electrons. The summed E-state index contributed by atoms with van der Waals surface area (Å²) >= 11 is 0. The van der Waals surface area contributed by atoms with Crippen LogP contribution in [0.1, 0.15) is 0 Å². The third-order valence-electron chi connectivity index (χ3n) is 0. The van der Waals surface area contributed by atoms with Crippen LogP contribution < -0.4 is 0 Å². The van der Waals surface area contributed by atoms with Crippen LogP contribution >= 0.6 is 0 Å². The quantitative estimate of drug-likeness (QED) is 0.340. The van der Waals surface area contributed by atoms with Gasteiger partial charge in [0.15, 0.2) is 0 Å². The van der Waals surface area contributed by atoms with Crippen molar-refractivity contribution in [3.63, 3.8) is 0 Å². The second kappa shape index (κ2) is 53.7. The fraction of sp³-hybridized carbons (Fsp3) is 0. The molecular formula is CdGaGeInO2Sn. The monoisotopic (exact) mass is 524 g/mol. The molecule has 0 N–H and O–H groups in total. The molecule has 0 aromatic carbocycles. The maximum absolute atomic E-state index is 0. The Morgan fingerprint density at radius 3 is 0.857 bits per heavy atom. The topological polar surface area (TPSA) is 57.0 Å². The SMILES string of the molecule is [Cd].[Ga].[Ge].[In].[O-2].[O-2].[Sn+4]. The van der Waals surface area contributed by atoms with Crippen molar-refractivity contribution in [2.45, 2.75) is 0 Å². The van der Waals surface area contributed by atoms with E-state index in [0.29, 0.717) is 0 Å². The first-order valence-electron chi connectivity index (χ1n) is 0. The molecule has 7 heteroatoms. The van der Waals surface area contributed by atoms with E-state index in [-0.39, 0.29) is 125 Å². The van der Waals surface area contributed by atoms with Crippen LogP contribution in [0.25, 0.3) is 0 Å². The minimum Gasteiger partial charge on any atom is -2.00 e. The molecule has 0 bridgehead atoms. The predicted molar refractivity (Wildman–Crippen MR) is 24.4 cm³/mol. The van der Waals surface area contributed by atoms with Crippen LogP contribution in [-0.2, 0) is 38.3 Å². The van der Waals surface area contributed by atoms with E-state index in [9.17, 15) is 0 Å². The molecule has 0 saturated heterocycles. The summed E-state index contributed by atoms with van der Waals surface area (Å²) in [5.41, 5.74) is 0. The molecule has 0 aliphatic rings. The standard InChI is InChI=1S/Cd.Ga.Ge.In.2O.Sn/q;;;;2*-2;+4. The molecule has 7 heavy (non-hydrogen) atoms. The predicted octanol–water partition coefficient (Wildman–Crippen LogP) is -1.76. The first-order chi connectivity index (χ1) is 0. The molecule has 2 nitrogen and oxygen atoms in total. The number of hydrogen-bond acceptors (Lipinski definition) is 0. The van der Waals surface area contributed by atoms with Crippen molar-refractivity contribution in [3.05, 3.63) is 0 Å². The van der Waals surface area contributed by atoms with Crippen molar-refractivity contribution in [2.24, 2.45) is 0 Å². The van der Waals surface area contributed by atoms with Crippen LogP contribution in [0.5, 0.6) is 0 Å². The van der Waals surface area contributed by atoms with Crippen molar-refractivity contribution >= 4 is 87.1 Å². The molecule has 0 unspecified atom stereocenters. The van der Waals surface area contributed by atoms with Gasteiger partial charge in [-0.15, -0.1) is 0 Å². The third kappa shape index (κ3) is 42.1. The third-order valence-corrected chi connectivity index (χ3v) is 0. The van der Waals surface area contributed by atoms with Gasteiger partial charge in [-0.1, -0.05) is 0 Å². The van der Waals surface area contributed by atoms with Gasteiger partial charge in [0.25, 0.3) is 0 Å². The van der Waals surface area contributed by atoms with Gasteiger partial charge in [-0.05, 0) is 0 Å². The minimum atomic E-state index is 0. The van der Waals surface area contributed by atoms with E-state index in [4.69, 9.17) is 0 Å². The van der Waals surface area contributed by atoms with Crippen LogP contribution in [0.3, 0.4) is 0 Å². The molecule has 0 rings (SSSR count). The molecule has 10 radical (unpaired) electrons. The summed E-state index contributed by atoms with van der Waals surface area (Å²) in [4.78, 5) is 0. The second-order valence-electron chi connectivity index (χ2n) is 0. The Labute approximate surface area is 123 Å². The van der Waals surface area contributed by atoms with Gasteiger partial charge in [0.05, 0.1) is 0 Å². The molecule has 0 aliphatic heterocycles. The van der Waals surface area contributed by atoms with Crippen molar-refractivity contribution < 1.29 is 38.3 Å². The van der Waals surface area contributed by atoms with E-state index in [2.05, 4.69) is 0 Å². The minimum absolute atomic E-state index is 0. The van der Waals surface area contributed by atoms with Gasteiger partial charge in [0.1, 0.15) is 0 Å². The zero-order valence-corrected chi connectivity index (χ0v) is 18.4. The van der Waals surface area contributed by atoms with Gasteiger partial charge in [-0.25, -0.2) is 0 Å². The first kappa shape index (κ1) is 73.7. The largest absolute Gasteiger partial charge is 4.00 e. The Balaban J connectivity index is 0. The van der Waals surface area contributed by atoms with Crippen LogP contribution in [0.4, 0.5) is 0 Å². The molecule has 0 spiro atoms. The van der Waals surface area contributed by atoms with Crippen LogP contribution in [0.2, 0.25) is 0 Å². The molecule has 0 saturated carbocycles. The Morgan fingerprint density at radius 1 is 0.857 bits per heavy atom. The molecule has 0 aliphatic carbocycles. The van der Waals surface area contributed by atoms with Crippen molar-refractivity contribution in [2.75, 3.05) is 0 Å². The van der Waals surface area contributed by atoms with Gasteiger partial charge in [0.2, 0.25) is 0 Å². The van der Waals surface area contributed by atoms with Crippen molar-refractivity contribution in [3.8, 4) is 0 Å². The summed E-state index contributed by atoms with van der Waals surface area (Å²) in [6, 6.07) is 0. The van der Waals surface area contributed by atoms with Gasteiger partial charge in [-0.2, -0.15) is 0 Å². The molecule has 0 amide bonds. The summed E-state index contributed by atoms with van der Waals surface area (Å²) in [5.74, 6) is 0. The van der Waals surface area contributed by atoms with Gasteiger partial charge < -0.3 is 11.0 Å². The van der Waals surface area contributed by atoms with Crippen molar-refractivity contribution in [1.29, 1.82) is 0 Å². The fourth-order valence-electron chi connectivity index (χ4n) is 0.